The Morgan fingerprint density at radius 1 is 1.05 bits per heavy atom. The molecule has 0 aliphatic heterocycles. The first-order valence-electron chi connectivity index (χ1n) is 6.62. The molecule has 0 saturated carbocycles. The molecular formula is C16H19NO3. The average Bonchev–Trinajstić information content (AvgIpc) is 2.48. The summed E-state index contributed by atoms with van der Waals surface area (Å²) in [6, 6.07) is 11.7. The van der Waals surface area contributed by atoms with Crippen LogP contribution in [0.3, 0.4) is 0 Å². The molecule has 1 aromatic carbocycles. The van der Waals surface area contributed by atoms with Gasteiger partial charge in [0.05, 0.1) is 18.8 Å². The van der Waals surface area contributed by atoms with Gasteiger partial charge in [0, 0.05) is 13.0 Å². The van der Waals surface area contributed by atoms with E-state index in [9.17, 15) is 5.21 Å². The van der Waals surface area contributed by atoms with Crippen molar-refractivity contribution in [3.63, 3.8) is 0 Å². The highest BCUT2D eigenvalue weighted by atomic mass is 16.5. The highest BCUT2D eigenvalue weighted by molar-refractivity contribution is 5.31. The Morgan fingerprint density at radius 2 is 1.80 bits per heavy atom. The number of hydrogen-bond acceptors (Lipinski definition) is 3. The molecule has 20 heavy (non-hydrogen) atoms. The molecule has 1 heterocycles. The summed E-state index contributed by atoms with van der Waals surface area (Å²) < 4.78 is 12.0. The standard InChI is InChI=1S/C16H19NO3/c1-13-14(2)17(18)9-8-16(13)20-11-10-19-12-15-6-4-3-5-7-15/h3-9H,10-12H2,1-2H3. The molecule has 0 radical (unpaired) electrons. The van der Waals surface area contributed by atoms with Crippen molar-refractivity contribution in [2.45, 2.75) is 20.5 Å². The number of pyridine rings is 1. The molecule has 4 heteroatoms. The third-order valence-electron chi connectivity index (χ3n) is 3.20. The van der Waals surface area contributed by atoms with Crippen LogP contribution in [-0.4, -0.2) is 13.2 Å². The minimum Gasteiger partial charge on any atom is -0.618 e. The number of rotatable bonds is 6. The maximum Gasteiger partial charge on any atom is 0.196 e. The van der Waals surface area contributed by atoms with Gasteiger partial charge >= 0.3 is 0 Å². The van der Waals surface area contributed by atoms with Crippen LogP contribution in [0, 0.1) is 19.1 Å². The molecule has 0 N–H and O–H groups in total. The number of aromatic nitrogens is 1. The second-order valence-corrected chi connectivity index (χ2v) is 4.60. The molecular weight excluding hydrogens is 254 g/mol. The van der Waals surface area contributed by atoms with Crippen LogP contribution in [0.4, 0.5) is 0 Å². The van der Waals surface area contributed by atoms with E-state index in [0.717, 1.165) is 21.6 Å². The smallest absolute Gasteiger partial charge is 0.196 e. The van der Waals surface area contributed by atoms with Gasteiger partial charge in [-0.25, -0.2) is 0 Å². The van der Waals surface area contributed by atoms with Crippen LogP contribution in [0.2, 0.25) is 0 Å². The summed E-state index contributed by atoms with van der Waals surface area (Å²) in [6.07, 6.45) is 1.46. The predicted octanol–water partition coefficient (Wildman–Crippen LogP) is 2.53. The Hall–Kier alpha value is -2.07. The lowest BCUT2D eigenvalue weighted by Gasteiger charge is -2.11. The van der Waals surface area contributed by atoms with Crippen molar-refractivity contribution >= 4 is 0 Å². The molecule has 0 spiro atoms. The van der Waals surface area contributed by atoms with E-state index in [1.165, 1.54) is 6.20 Å². The summed E-state index contributed by atoms with van der Waals surface area (Å²) in [7, 11) is 0. The third kappa shape index (κ3) is 3.71. The quantitative estimate of drug-likeness (QED) is 0.461. The van der Waals surface area contributed by atoms with Gasteiger partial charge in [-0.1, -0.05) is 30.3 Å². The van der Waals surface area contributed by atoms with Crippen LogP contribution in [0.5, 0.6) is 5.75 Å². The van der Waals surface area contributed by atoms with Gasteiger partial charge in [0.2, 0.25) is 0 Å². The van der Waals surface area contributed by atoms with E-state index in [1.807, 2.05) is 37.3 Å². The largest absolute Gasteiger partial charge is 0.618 e. The van der Waals surface area contributed by atoms with Gasteiger partial charge in [-0.15, -0.1) is 0 Å². The lowest BCUT2D eigenvalue weighted by Crippen LogP contribution is -2.30. The minimum atomic E-state index is 0.468. The second-order valence-electron chi connectivity index (χ2n) is 4.60. The fourth-order valence-electron chi connectivity index (χ4n) is 1.85. The Bertz CT molecular complexity index is 555. The maximum absolute atomic E-state index is 11.4. The number of benzene rings is 1. The topological polar surface area (TPSA) is 45.4 Å². The lowest BCUT2D eigenvalue weighted by molar-refractivity contribution is -0.612. The van der Waals surface area contributed by atoms with Crippen molar-refractivity contribution in [2.24, 2.45) is 0 Å². The monoisotopic (exact) mass is 273 g/mol. The predicted molar refractivity (Wildman–Crippen MR) is 76.5 cm³/mol. The summed E-state index contributed by atoms with van der Waals surface area (Å²) in [5.41, 5.74) is 2.67. The normalized spacial score (nSPS) is 10.5. The number of nitrogens with zero attached hydrogens (tertiary/aromatic N) is 1. The van der Waals surface area contributed by atoms with E-state index in [-0.39, 0.29) is 0 Å². The molecule has 0 bridgehead atoms. The van der Waals surface area contributed by atoms with Crippen molar-refractivity contribution in [3.8, 4) is 5.75 Å². The second kappa shape index (κ2) is 6.91. The number of ether oxygens (including phenoxy) is 2. The molecule has 0 saturated heterocycles. The van der Waals surface area contributed by atoms with E-state index in [2.05, 4.69) is 0 Å². The summed E-state index contributed by atoms with van der Waals surface area (Å²) >= 11 is 0. The zero-order valence-corrected chi connectivity index (χ0v) is 11.8. The van der Waals surface area contributed by atoms with Crippen LogP contribution in [0.15, 0.2) is 42.6 Å². The van der Waals surface area contributed by atoms with Crippen LogP contribution in [0.25, 0.3) is 0 Å². The Morgan fingerprint density at radius 3 is 2.55 bits per heavy atom. The van der Waals surface area contributed by atoms with E-state index >= 15 is 0 Å². The molecule has 0 fully saturated rings. The summed E-state index contributed by atoms with van der Waals surface area (Å²) in [5, 5.41) is 11.4. The van der Waals surface area contributed by atoms with Gasteiger partial charge in [0.25, 0.3) is 0 Å². The summed E-state index contributed by atoms with van der Waals surface area (Å²) in [4.78, 5) is 0. The Balaban J connectivity index is 1.75. The van der Waals surface area contributed by atoms with Crippen molar-refractivity contribution in [2.75, 3.05) is 13.2 Å². The zero-order chi connectivity index (χ0) is 14.4. The lowest BCUT2D eigenvalue weighted by atomic mass is 10.2. The molecule has 1 aromatic heterocycles. The van der Waals surface area contributed by atoms with Crippen LogP contribution >= 0.6 is 0 Å². The van der Waals surface area contributed by atoms with Crippen molar-refractivity contribution < 1.29 is 14.2 Å². The van der Waals surface area contributed by atoms with Crippen LogP contribution < -0.4 is 9.47 Å². The van der Waals surface area contributed by atoms with Crippen molar-refractivity contribution in [1.82, 2.24) is 0 Å². The molecule has 0 aliphatic carbocycles. The summed E-state index contributed by atoms with van der Waals surface area (Å²) in [6.45, 7) is 5.22. The third-order valence-corrected chi connectivity index (χ3v) is 3.20. The van der Waals surface area contributed by atoms with E-state index in [4.69, 9.17) is 9.47 Å². The van der Waals surface area contributed by atoms with Crippen molar-refractivity contribution in [3.05, 3.63) is 64.6 Å². The van der Waals surface area contributed by atoms with Gasteiger partial charge in [0.1, 0.15) is 12.4 Å². The van der Waals surface area contributed by atoms with Crippen LogP contribution in [-0.2, 0) is 11.3 Å². The molecule has 4 nitrogen and oxygen atoms in total. The van der Waals surface area contributed by atoms with Crippen molar-refractivity contribution in [1.29, 1.82) is 0 Å². The zero-order valence-electron chi connectivity index (χ0n) is 11.8. The fourth-order valence-corrected chi connectivity index (χ4v) is 1.85. The van der Waals surface area contributed by atoms with Gasteiger partial charge in [-0.05, 0) is 12.5 Å². The van der Waals surface area contributed by atoms with Gasteiger partial charge in [-0.2, -0.15) is 4.73 Å². The van der Waals surface area contributed by atoms with Crippen LogP contribution in [0.1, 0.15) is 16.8 Å². The molecule has 0 aliphatic rings. The Kier molecular flexibility index (Phi) is 4.96. The number of hydrogen-bond donors (Lipinski definition) is 0. The SMILES string of the molecule is Cc1c(OCCOCc2ccccc2)cc[n+]([O-])c1C. The molecule has 2 aromatic rings. The Labute approximate surface area is 119 Å². The maximum atomic E-state index is 11.4. The summed E-state index contributed by atoms with van der Waals surface area (Å²) in [5.74, 6) is 0.734. The highest BCUT2D eigenvalue weighted by Gasteiger charge is 2.09. The molecule has 0 amide bonds. The minimum absolute atomic E-state index is 0.468. The molecule has 0 atom stereocenters. The van der Waals surface area contributed by atoms with Gasteiger partial charge < -0.3 is 14.7 Å². The van der Waals surface area contributed by atoms with Gasteiger partial charge in [-0.3, -0.25) is 0 Å². The van der Waals surface area contributed by atoms with E-state index in [0.29, 0.717) is 25.5 Å². The average molecular weight is 273 g/mol. The molecule has 106 valence electrons. The first-order valence-corrected chi connectivity index (χ1v) is 6.62. The fraction of sp³-hybridized carbons (Fsp3) is 0.312. The van der Waals surface area contributed by atoms with Gasteiger partial charge in [0.15, 0.2) is 11.9 Å². The first kappa shape index (κ1) is 14.3. The molecule has 2 rings (SSSR count). The first-order chi connectivity index (χ1) is 9.68. The van der Waals surface area contributed by atoms with E-state index < -0.39 is 0 Å². The van der Waals surface area contributed by atoms with E-state index in [1.54, 1.807) is 13.0 Å². The molecule has 0 unspecified atom stereocenters. The highest BCUT2D eigenvalue weighted by Crippen LogP contribution is 2.17.